The van der Waals surface area contributed by atoms with E-state index < -0.39 is 0 Å². The number of aromatic nitrogens is 2. The van der Waals surface area contributed by atoms with Crippen molar-refractivity contribution in [1.29, 1.82) is 0 Å². The van der Waals surface area contributed by atoms with E-state index in [1.807, 2.05) is 74.4 Å². The first kappa shape index (κ1) is 22.1. The van der Waals surface area contributed by atoms with Gasteiger partial charge in [-0.1, -0.05) is 37.3 Å². The van der Waals surface area contributed by atoms with E-state index in [2.05, 4.69) is 16.0 Å². The van der Waals surface area contributed by atoms with E-state index in [9.17, 15) is 4.79 Å². The summed E-state index contributed by atoms with van der Waals surface area (Å²) >= 11 is 0. The van der Waals surface area contributed by atoms with Crippen molar-refractivity contribution in [2.24, 2.45) is 10.7 Å². The minimum absolute atomic E-state index is 0.0595. The first-order chi connectivity index (χ1) is 15.9. The Morgan fingerprint density at radius 2 is 1.85 bits per heavy atom. The van der Waals surface area contributed by atoms with Crippen LogP contribution in [0.15, 0.2) is 82.7 Å². The highest BCUT2D eigenvalue weighted by molar-refractivity contribution is 6.00. The molecule has 33 heavy (non-hydrogen) atoms. The summed E-state index contributed by atoms with van der Waals surface area (Å²) in [6.45, 7) is 2.42. The van der Waals surface area contributed by atoms with Crippen LogP contribution in [-0.2, 0) is 0 Å². The Morgan fingerprint density at radius 3 is 2.55 bits per heavy atom. The maximum Gasteiger partial charge on any atom is 0.265 e. The highest BCUT2D eigenvalue weighted by Gasteiger charge is 2.19. The molecule has 0 aliphatic rings. The van der Waals surface area contributed by atoms with Crippen LogP contribution in [0.1, 0.15) is 24.2 Å². The van der Waals surface area contributed by atoms with Crippen LogP contribution in [0.4, 0.5) is 11.4 Å². The number of amidine groups is 1. The molecular formula is C26H28N6O. The summed E-state index contributed by atoms with van der Waals surface area (Å²) in [5.74, 6) is 0.193. The molecular weight excluding hydrogens is 412 g/mol. The third kappa shape index (κ3) is 4.30. The van der Waals surface area contributed by atoms with Gasteiger partial charge in [0.15, 0.2) is 0 Å². The van der Waals surface area contributed by atoms with E-state index in [1.165, 1.54) is 0 Å². The number of hydrogen-bond acceptors (Lipinski definition) is 5. The molecule has 0 radical (unpaired) electrons. The van der Waals surface area contributed by atoms with Crippen LogP contribution in [0.5, 0.6) is 0 Å². The molecule has 1 unspecified atom stereocenters. The van der Waals surface area contributed by atoms with Gasteiger partial charge in [-0.3, -0.25) is 19.3 Å². The maximum atomic E-state index is 13.8. The van der Waals surface area contributed by atoms with Crippen LogP contribution in [0.25, 0.3) is 16.5 Å². The Labute approximate surface area is 193 Å². The second-order valence-corrected chi connectivity index (χ2v) is 8.25. The van der Waals surface area contributed by atoms with Crippen LogP contribution in [0.3, 0.4) is 0 Å². The summed E-state index contributed by atoms with van der Waals surface area (Å²) < 4.78 is 1.78. The van der Waals surface area contributed by atoms with Gasteiger partial charge in [0.25, 0.3) is 5.56 Å². The number of para-hydroxylation sites is 1. The number of fused-ring (bicyclic) bond motifs is 1. The van der Waals surface area contributed by atoms with Crippen molar-refractivity contribution >= 4 is 28.0 Å². The molecule has 0 fully saturated rings. The maximum absolute atomic E-state index is 13.8. The number of aliphatic imine (C=N–C) groups is 1. The van der Waals surface area contributed by atoms with Gasteiger partial charge in [-0.2, -0.15) is 0 Å². The quantitative estimate of drug-likeness (QED) is 0.353. The Bertz CT molecular complexity index is 1370. The molecule has 0 spiro atoms. The van der Waals surface area contributed by atoms with Crippen molar-refractivity contribution in [3.05, 3.63) is 94.7 Å². The number of rotatable bonds is 6. The molecule has 7 heteroatoms. The van der Waals surface area contributed by atoms with Crippen LogP contribution in [0, 0.1) is 0 Å². The van der Waals surface area contributed by atoms with Crippen molar-refractivity contribution in [1.82, 2.24) is 9.55 Å². The van der Waals surface area contributed by atoms with Crippen molar-refractivity contribution in [2.75, 3.05) is 31.3 Å². The summed E-state index contributed by atoms with van der Waals surface area (Å²) in [6, 6.07) is 21.1. The molecule has 2 aromatic heterocycles. The molecule has 0 saturated heterocycles. The highest BCUT2D eigenvalue weighted by Crippen LogP contribution is 2.27. The van der Waals surface area contributed by atoms with Gasteiger partial charge >= 0.3 is 0 Å². The Hall–Kier alpha value is -4.13. The topological polar surface area (TPSA) is 103 Å². The fourth-order valence-electron chi connectivity index (χ4n) is 3.98. The van der Waals surface area contributed by atoms with E-state index in [-0.39, 0.29) is 17.3 Å². The van der Waals surface area contributed by atoms with E-state index in [1.54, 1.807) is 22.9 Å². The fraction of sp³-hybridized carbons (Fsp3) is 0.192. The molecule has 2 aromatic carbocycles. The predicted molar refractivity (Wildman–Crippen MR) is 137 cm³/mol. The molecule has 0 aliphatic heterocycles. The summed E-state index contributed by atoms with van der Waals surface area (Å²) in [6.07, 6.45) is 1.64. The van der Waals surface area contributed by atoms with Crippen LogP contribution < -0.4 is 21.9 Å². The third-order valence-corrected chi connectivity index (χ3v) is 5.67. The lowest BCUT2D eigenvalue weighted by Gasteiger charge is -2.21. The van der Waals surface area contributed by atoms with Gasteiger partial charge in [0.2, 0.25) is 0 Å². The first-order valence-corrected chi connectivity index (χ1v) is 10.8. The number of hydrogen-bond donors (Lipinski definition) is 2. The molecule has 168 valence electrons. The van der Waals surface area contributed by atoms with Crippen LogP contribution in [0.2, 0.25) is 0 Å². The lowest BCUT2D eigenvalue weighted by atomic mass is 10.0. The minimum Gasteiger partial charge on any atom is -0.397 e. The zero-order valence-electron chi connectivity index (χ0n) is 19.1. The lowest BCUT2D eigenvalue weighted by molar-refractivity contribution is 0.710. The predicted octanol–water partition coefficient (Wildman–Crippen LogP) is 3.54. The van der Waals surface area contributed by atoms with E-state index in [4.69, 9.17) is 11.5 Å². The van der Waals surface area contributed by atoms with Gasteiger partial charge < -0.3 is 16.4 Å². The lowest BCUT2D eigenvalue weighted by Crippen LogP contribution is -2.26. The number of pyridine rings is 2. The number of nitrogens with zero attached hydrogens (tertiary/aromatic N) is 4. The molecule has 4 rings (SSSR count). The summed E-state index contributed by atoms with van der Waals surface area (Å²) in [4.78, 5) is 24.6. The molecule has 0 bridgehead atoms. The summed E-state index contributed by atoms with van der Waals surface area (Å²) in [5.41, 5.74) is 15.6. The second-order valence-electron chi connectivity index (χ2n) is 8.25. The minimum atomic E-state index is -0.0891. The van der Waals surface area contributed by atoms with Gasteiger partial charge in [-0.05, 0) is 41.8 Å². The number of anilines is 2. The van der Waals surface area contributed by atoms with E-state index in [0.717, 1.165) is 22.5 Å². The SMILES string of the molecule is CC(CN=C(N)c1ncccc1N)c1cc2cccc(N(C)C)c2c(=O)n1-c1ccccc1. The van der Waals surface area contributed by atoms with Crippen molar-refractivity contribution in [3.8, 4) is 5.69 Å². The zero-order valence-corrected chi connectivity index (χ0v) is 19.1. The summed E-state index contributed by atoms with van der Waals surface area (Å²) in [5, 5.41) is 1.58. The molecule has 0 aliphatic carbocycles. The van der Waals surface area contributed by atoms with Gasteiger partial charge in [0, 0.05) is 49.8 Å². The van der Waals surface area contributed by atoms with Crippen molar-refractivity contribution in [2.45, 2.75) is 12.8 Å². The fourth-order valence-corrected chi connectivity index (χ4v) is 3.98. The average molecular weight is 441 g/mol. The number of nitrogens with two attached hydrogens (primary N) is 2. The van der Waals surface area contributed by atoms with E-state index >= 15 is 0 Å². The molecule has 4 N–H and O–H groups in total. The molecule has 4 aromatic rings. The average Bonchev–Trinajstić information content (AvgIpc) is 2.82. The second kappa shape index (κ2) is 9.16. The van der Waals surface area contributed by atoms with Crippen molar-refractivity contribution in [3.63, 3.8) is 0 Å². The van der Waals surface area contributed by atoms with E-state index in [0.29, 0.717) is 23.3 Å². The van der Waals surface area contributed by atoms with Crippen LogP contribution in [-0.4, -0.2) is 36.0 Å². The monoisotopic (exact) mass is 440 g/mol. The standard InChI is InChI=1S/C26H28N6O/c1-17(16-30-25(28)24-20(27)12-8-14-29-24)22-15-18-9-7-13-21(31(2)3)23(18)26(33)32(22)19-10-5-4-6-11-19/h4-15,17H,16,27H2,1-3H3,(H2,28,30). The zero-order chi connectivity index (χ0) is 23.5. The van der Waals surface area contributed by atoms with Gasteiger partial charge in [-0.15, -0.1) is 0 Å². The molecule has 1 atom stereocenters. The van der Waals surface area contributed by atoms with Gasteiger partial charge in [0.05, 0.1) is 11.1 Å². The Kier molecular flexibility index (Phi) is 6.13. The largest absolute Gasteiger partial charge is 0.397 e. The summed E-state index contributed by atoms with van der Waals surface area (Å²) in [7, 11) is 3.89. The van der Waals surface area contributed by atoms with Gasteiger partial charge in [-0.25, -0.2) is 0 Å². The molecule has 7 nitrogen and oxygen atoms in total. The first-order valence-electron chi connectivity index (χ1n) is 10.8. The number of benzene rings is 2. The van der Waals surface area contributed by atoms with Crippen molar-refractivity contribution < 1.29 is 0 Å². The smallest absolute Gasteiger partial charge is 0.265 e. The Balaban J connectivity index is 1.85. The van der Waals surface area contributed by atoms with Gasteiger partial charge in [0.1, 0.15) is 11.5 Å². The number of nitrogen functional groups attached to an aromatic ring is 1. The highest BCUT2D eigenvalue weighted by atomic mass is 16.1. The molecule has 2 heterocycles. The van der Waals surface area contributed by atoms with Crippen LogP contribution >= 0.6 is 0 Å². The Morgan fingerprint density at radius 1 is 1.09 bits per heavy atom. The normalized spacial score (nSPS) is 12.6. The molecule has 0 amide bonds. The molecule has 0 saturated carbocycles. The third-order valence-electron chi connectivity index (χ3n) is 5.67.